The first kappa shape index (κ1) is 10.9. The minimum Gasteiger partial charge on any atom is -0.386 e. The molecule has 0 saturated carbocycles. The number of fused-ring (bicyclic) bond motifs is 4. The van der Waals surface area contributed by atoms with E-state index in [9.17, 15) is 4.57 Å². The summed E-state index contributed by atoms with van der Waals surface area (Å²) in [6.07, 6.45) is 1.73. The summed E-state index contributed by atoms with van der Waals surface area (Å²) in [5, 5.41) is 0. The second-order valence-electron chi connectivity index (χ2n) is 4.63. The number of hydrogen-bond donors (Lipinski definition) is 0. The molecule has 4 nitrogen and oxygen atoms in total. The molecule has 0 aromatic heterocycles. The Morgan fingerprint density at radius 1 is 0.842 bits per heavy atom. The molecule has 5 heteroatoms. The van der Waals surface area contributed by atoms with Crippen LogP contribution in [0.3, 0.4) is 0 Å². The zero-order valence-electron chi connectivity index (χ0n) is 10.0. The lowest BCUT2D eigenvalue weighted by Crippen LogP contribution is -2.12. The molecule has 2 aromatic carbocycles. The van der Waals surface area contributed by atoms with Gasteiger partial charge in [-0.05, 0) is 42.2 Å². The SMILES string of the molecule is O=P12Oc3ccc(cc3)CCc3ccc(cc3O1)O2. The summed E-state index contributed by atoms with van der Waals surface area (Å²) in [6.45, 7) is 0. The van der Waals surface area contributed by atoms with E-state index in [4.69, 9.17) is 13.6 Å². The predicted octanol–water partition coefficient (Wildman–Crippen LogP) is 3.74. The second-order valence-corrected chi connectivity index (χ2v) is 6.08. The maximum absolute atomic E-state index is 12.5. The molecule has 5 rings (SSSR count). The van der Waals surface area contributed by atoms with E-state index in [2.05, 4.69) is 0 Å². The monoisotopic (exact) mass is 274 g/mol. The number of benzene rings is 2. The van der Waals surface area contributed by atoms with Gasteiger partial charge in [0.2, 0.25) is 0 Å². The molecule has 1 atom stereocenters. The summed E-state index contributed by atoms with van der Waals surface area (Å²) in [5.74, 6) is 1.60. The molecule has 0 fully saturated rings. The Kier molecular flexibility index (Phi) is 2.18. The third-order valence-corrected chi connectivity index (χ3v) is 4.58. The van der Waals surface area contributed by atoms with Crippen LogP contribution in [0.2, 0.25) is 0 Å². The molecule has 0 radical (unpaired) electrons. The lowest BCUT2D eigenvalue weighted by atomic mass is 10.0. The smallest absolute Gasteiger partial charge is 0.386 e. The van der Waals surface area contributed by atoms with Crippen LogP contribution in [0.4, 0.5) is 0 Å². The van der Waals surface area contributed by atoms with Gasteiger partial charge in [-0.15, -0.1) is 0 Å². The Labute approximate surface area is 110 Å². The minimum absolute atomic E-state index is 0.487. The fourth-order valence-corrected chi connectivity index (χ4v) is 3.59. The van der Waals surface area contributed by atoms with E-state index in [1.54, 1.807) is 24.3 Å². The molecule has 19 heavy (non-hydrogen) atoms. The van der Waals surface area contributed by atoms with Gasteiger partial charge in [-0.3, -0.25) is 0 Å². The summed E-state index contributed by atoms with van der Waals surface area (Å²) in [4.78, 5) is 0. The highest BCUT2D eigenvalue weighted by molar-refractivity contribution is 7.49. The topological polar surface area (TPSA) is 44.8 Å². The van der Waals surface area contributed by atoms with Gasteiger partial charge in [0.15, 0.2) is 0 Å². The summed E-state index contributed by atoms with van der Waals surface area (Å²) in [6, 6.07) is 13.0. The first-order valence-corrected chi connectivity index (χ1v) is 7.57. The Hall–Kier alpha value is -1.93. The van der Waals surface area contributed by atoms with Crippen molar-refractivity contribution in [3.05, 3.63) is 53.6 Å². The lowest BCUT2D eigenvalue weighted by Gasteiger charge is -2.24. The maximum Gasteiger partial charge on any atom is 0.647 e. The molecule has 0 spiro atoms. The average Bonchev–Trinajstić information content (AvgIpc) is 2.39. The van der Waals surface area contributed by atoms with Crippen LogP contribution in [0.5, 0.6) is 17.2 Å². The van der Waals surface area contributed by atoms with Crippen LogP contribution in [-0.4, -0.2) is 0 Å². The first-order chi connectivity index (χ1) is 9.20. The average molecular weight is 274 g/mol. The molecular weight excluding hydrogens is 263 g/mol. The van der Waals surface area contributed by atoms with Crippen molar-refractivity contribution in [3.8, 4) is 17.2 Å². The van der Waals surface area contributed by atoms with E-state index in [1.165, 1.54) is 5.56 Å². The molecule has 3 aliphatic rings. The summed E-state index contributed by atoms with van der Waals surface area (Å²) < 4.78 is 28.7. The van der Waals surface area contributed by atoms with Crippen molar-refractivity contribution < 1.29 is 18.1 Å². The third-order valence-electron chi connectivity index (χ3n) is 3.29. The minimum atomic E-state index is -3.62. The van der Waals surface area contributed by atoms with Gasteiger partial charge in [-0.2, -0.15) is 4.57 Å². The Balaban J connectivity index is 1.88. The summed E-state index contributed by atoms with van der Waals surface area (Å²) in [5.41, 5.74) is 2.22. The molecule has 0 aliphatic carbocycles. The highest BCUT2D eigenvalue weighted by Crippen LogP contribution is 2.54. The summed E-state index contributed by atoms with van der Waals surface area (Å²) in [7, 11) is -3.62. The van der Waals surface area contributed by atoms with Gasteiger partial charge in [-0.1, -0.05) is 18.2 Å². The zero-order chi connectivity index (χ0) is 12.9. The van der Waals surface area contributed by atoms with Crippen molar-refractivity contribution in [2.45, 2.75) is 12.8 Å². The standard InChI is InChI=1S/C14H11O4P/c15-19-16-12-6-2-10(3-7-12)1-4-11-5-8-13(17-19)9-14(11)18-19/h2-3,5-9H,1,4H2. The lowest BCUT2D eigenvalue weighted by molar-refractivity contribution is 0.287. The molecule has 96 valence electrons. The molecular formula is C14H11O4P. The van der Waals surface area contributed by atoms with Crippen molar-refractivity contribution in [3.63, 3.8) is 0 Å². The molecule has 3 heterocycles. The highest BCUT2D eigenvalue weighted by atomic mass is 31.2. The van der Waals surface area contributed by atoms with Gasteiger partial charge in [0.05, 0.1) is 0 Å². The quantitative estimate of drug-likeness (QED) is 0.686. The Bertz CT molecular complexity index is 693. The molecule has 0 amide bonds. The van der Waals surface area contributed by atoms with Crippen molar-refractivity contribution in [1.82, 2.24) is 0 Å². The number of rotatable bonds is 0. The summed E-state index contributed by atoms with van der Waals surface area (Å²) >= 11 is 0. The van der Waals surface area contributed by atoms with Crippen LogP contribution >= 0.6 is 7.82 Å². The zero-order valence-corrected chi connectivity index (χ0v) is 10.9. The second kappa shape index (κ2) is 3.78. The fourth-order valence-electron chi connectivity index (χ4n) is 2.31. The first-order valence-electron chi connectivity index (χ1n) is 6.11. The van der Waals surface area contributed by atoms with Gasteiger partial charge < -0.3 is 13.6 Å². The maximum atomic E-state index is 12.5. The van der Waals surface area contributed by atoms with E-state index in [1.807, 2.05) is 18.2 Å². The van der Waals surface area contributed by atoms with Crippen LogP contribution in [-0.2, 0) is 17.4 Å². The number of phosphoric ester groups is 1. The number of aryl methyl sites for hydroxylation is 2. The van der Waals surface area contributed by atoms with Gasteiger partial charge >= 0.3 is 7.82 Å². The van der Waals surface area contributed by atoms with Crippen molar-refractivity contribution in [2.24, 2.45) is 0 Å². The van der Waals surface area contributed by atoms with Crippen LogP contribution in [0.25, 0.3) is 0 Å². The molecule has 1 unspecified atom stereocenters. The van der Waals surface area contributed by atoms with E-state index in [0.29, 0.717) is 17.2 Å². The van der Waals surface area contributed by atoms with E-state index in [0.717, 1.165) is 18.4 Å². The fraction of sp³-hybridized carbons (Fsp3) is 0.143. The van der Waals surface area contributed by atoms with Gasteiger partial charge in [-0.25, -0.2) is 0 Å². The van der Waals surface area contributed by atoms with Crippen LogP contribution in [0.1, 0.15) is 11.1 Å². The van der Waals surface area contributed by atoms with Crippen LogP contribution in [0.15, 0.2) is 42.5 Å². The Morgan fingerprint density at radius 3 is 2.42 bits per heavy atom. The predicted molar refractivity (Wildman–Crippen MR) is 69.8 cm³/mol. The molecule has 0 N–H and O–H groups in total. The number of hydrogen-bond acceptors (Lipinski definition) is 4. The van der Waals surface area contributed by atoms with Gasteiger partial charge in [0.25, 0.3) is 0 Å². The van der Waals surface area contributed by atoms with Gasteiger partial charge in [0.1, 0.15) is 17.2 Å². The van der Waals surface area contributed by atoms with Crippen LogP contribution in [0, 0.1) is 0 Å². The number of phosphoric acid groups is 1. The normalized spacial score (nSPS) is 22.9. The van der Waals surface area contributed by atoms with Crippen molar-refractivity contribution in [2.75, 3.05) is 0 Å². The molecule has 3 aliphatic heterocycles. The largest absolute Gasteiger partial charge is 0.647 e. The van der Waals surface area contributed by atoms with Crippen molar-refractivity contribution in [1.29, 1.82) is 0 Å². The van der Waals surface area contributed by atoms with E-state index in [-0.39, 0.29) is 0 Å². The van der Waals surface area contributed by atoms with Crippen molar-refractivity contribution >= 4 is 7.82 Å². The van der Waals surface area contributed by atoms with Gasteiger partial charge in [0, 0.05) is 6.07 Å². The van der Waals surface area contributed by atoms with E-state index >= 15 is 0 Å². The molecule has 5 bridgehead atoms. The molecule has 2 aromatic rings. The Morgan fingerprint density at radius 2 is 1.58 bits per heavy atom. The third kappa shape index (κ3) is 1.89. The molecule has 0 saturated heterocycles. The highest BCUT2D eigenvalue weighted by Gasteiger charge is 2.37. The van der Waals surface area contributed by atoms with E-state index < -0.39 is 7.82 Å². The van der Waals surface area contributed by atoms with Crippen LogP contribution < -0.4 is 13.6 Å².